The van der Waals surface area contributed by atoms with Gasteiger partial charge in [0.25, 0.3) is 0 Å². The summed E-state index contributed by atoms with van der Waals surface area (Å²) < 4.78 is 0. The molecule has 2 heteroatoms. The van der Waals surface area contributed by atoms with Crippen molar-refractivity contribution < 1.29 is 0 Å². The maximum absolute atomic E-state index is 4.77. The summed E-state index contributed by atoms with van der Waals surface area (Å²) in [5.41, 5.74) is 3.91. The molecule has 22 heavy (non-hydrogen) atoms. The molecule has 0 spiro atoms. The van der Waals surface area contributed by atoms with Crippen LogP contribution in [-0.2, 0) is 6.54 Å². The fourth-order valence-electron chi connectivity index (χ4n) is 2.91. The molecule has 1 aliphatic heterocycles. The van der Waals surface area contributed by atoms with Gasteiger partial charge in [0, 0.05) is 25.8 Å². The van der Waals surface area contributed by atoms with E-state index in [0.29, 0.717) is 6.04 Å². The van der Waals surface area contributed by atoms with E-state index in [1.807, 2.05) is 6.21 Å². The van der Waals surface area contributed by atoms with Gasteiger partial charge in [-0.25, -0.2) is 0 Å². The highest BCUT2D eigenvalue weighted by Gasteiger charge is 2.17. The first-order chi connectivity index (χ1) is 10.8. The minimum absolute atomic E-state index is 0.480. The van der Waals surface area contributed by atoms with Gasteiger partial charge in [-0.1, -0.05) is 60.2 Å². The largest absolute Gasteiger partial charge is 0.299 e. The van der Waals surface area contributed by atoms with Gasteiger partial charge in [-0.05, 0) is 30.9 Å². The second kappa shape index (κ2) is 7.37. The summed E-state index contributed by atoms with van der Waals surface area (Å²) in [4.78, 5) is 7.31. The third-order valence-corrected chi connectivity index (χ3v) is 4.32. The number of likely N-dealkylation sites (tertiary alicyclic amines) is 1. The fourth-order valence-corrected chi connectivity index (χ4v) is 2.91. The normalized spacial score (nSPS) is 17.1. The topological polar surface area (TPSA) is 15.6 Å². The molecule has 0 unspecified atom stereocenters. The van der Waals surface area contributed by atoms with E-state index in [0.717, 1.165) is 32.5 Å². The molecule has 3 rings (SSSR count). The van der Waals surface area contributed by atoms with Crippen molar-refractivity contribution in [2.75, 3.05) is 13.1 Å². The fraction of sp³-hybridized carbons (Fsp3) is 0.350. The molecule has 1 saturated heterocycles. The van der Waals surface area contributed by atoms with Crippen molar-refractivity contribution in [2.45, 2.75) is 32.4 Å². The smallest absolute Gasteiger partial charge is 0.0524 e. The maximum Gasteiger partial charge on any atom is 0.0524 e. The van der Waals surface area contributed by atoms with Gasteiger partial charge in [-0.2, -0.15) is 0 Å². The summed E-state index contributed by atoms with van der Waals surface area (Å²) in [6.07, 6.45) is 4.36. The van der Waals surface area contributed by atoms with Crippen LogP contribution >= 0.6 is 0 Å². The van der Waals surface area contributed by atoms with Gasteiger partial charge in [0.15, 0.2) is 0 Å². The lowest BCUT2D eigenvalue weighted by Gasteiger charge is -2.30. The number of rotatable bonds is 4. The lowest BCUT2D eigenvalue weighted by molar-refractivity contribution is 0.206. The van der Waals surface area contributed by atoms with Crippen molar-refractivity contribution in [2.24, 2.45) is 4.99 Å². The Balaban J connectivity index is 1.48. The van der Waals surface area contributed by atoms with Crippen molar-refractivity contribution in [3.05, 3.63) is 71.3 Å². The second-order valence-electron chi connectivity index (χ2n) is 6.18. The van der Waals surface area contributed by atoms with Crippen molar-refractivity contribution in [1.82, 2.24) is 4.90 Å². The molecule has 0 amide bonds. The van der Waals surface area contributed by atoms with Gasteiger partial charge < -0.3 is 0 Å². The minimum atomic E-state index is 0.480. The third kappa shape index (κ3) is 4.28. The predicted molar refractivity (Wildman–Crippen MR) is 93.5 cm³/mol. The SMILES string of the molecule is Cc1ccc(C=NC2CCN(Cc3ccccc3)CC2)cc1. The monoisotopic (exact) mass is 292 g/mol. The molecule has 0 aliphatic carbocycles. The molecule has 0 aromatic heterocycles. The van der Waals surface area contributed by atoms with Crippen LogP contribution < -0.4 is 0 Å². The first kappa shape index (κ1) is 15.0. The summed E-state index contributed by atoms with van der Waals surface area (Å²) >= 11 is 0. The Labute approximate surface area is 133 Å². The second-order valence-corrected chi connectivity index (χ2v) is 6.18. The van der Waals surface area contributed by atoms with E-state index in [1.54, 1.807) is 0 Å². The molecule has 0 bridgehead atoms. The van der Waals surface area contributed by atoms with E-state index < -0.39 is 0 Å². The van der Waals surface area contributed by atoms with Gasteiger partial charge >= 0.3 is 0 Å². The van der Waals surface area contributed by atoms with Crippen LogP contribution in [0.2, 0.25) is 0 Å². The molecule has 114 valence electrons. The van der Waals surface area contributed by atoms with Crippen LogP contribution in [0.4, 0.5) is 0 Å². The zero-order chi connectivity index (χ0) is 15.2. The number of benzene rings is 2. The van der Waals surface area contributed by atoms with Gasteiger partial charge in [0.05, 0.1) is 6.04 Å². The Morgan fingerprint density at radius 1 is 1.00 bits per heavy atom. The number of aryl methyl sites for hydroxylation is 1. The Kier molecular flexibility index (Phi) is 5.02. The van der Waals surface area contributed by atoms with Crippen LogP contribution in [0.15, 0.2) is 59.6 Å². The van der Waals surface area contributed by atoms with Crippen molar-refractivity contribution in [3.8, 4) is 0 Å². The van der Waals surface area contributed by atoms with E-state index in [9.17, 15) is 0 Å². The Bertz CT molecular complexity index is 593. The quantitative estimate of drug-likeness (QED) is 0.775. The Morgan fingerprint density at radius 3 is 2.36 bits per heavy atom. The molecule has 0 atom stereocenters. The van der Waals surface area contributed by atoms with Crippen molar-refractivity contribution in [1.29, 1.82) is 0 Å². The highest BCUT2D eigenvalue weighted by Crippen LogP contribution is 2.16. The maximum atomic E-state index is 4.77. The van der Waals surface area contributed by atoms with Crippen LogP contribution in [0.25, 0.3) is 0 Å². The zero-order valence-corrected chi connectivity index (χ0v) is 13.3. The molecule has 1 fully saturated rings. The van der Waals surface area contributed by atoms with E-state index in [4.69, 9.17) is 4.99 Å². The lowest BCUT2D eigenvalue weighted by atomic mass is 10.0. The molecule has 2 nitrogen and oxygen atoms in total. The predicted octanol–water partition coefficient (Wildman–Crippen LogP) is 4.08. The van der Waals surface area contributed by atoms with Crippen molar-refractivity contribution >= 4 is 6.21 Å². The number of piperidine rings is 1. The summed E-state index contributed by atoms with van der Waals surface area (Å²) in [5, 5.41) is 0. The van der Waals surface area contributed by atoms with Gasteiger partial charge in [-0.3, -0.25) is 9.89 Å². The van der Waals surface area contributed by atoms with E-state index >= 15 is 0 Å². The summed E-state index contributed by atoms with van der Waals surface area (Å²) in [6, 6.07) is 19.8. The van der Waals surface area contributed by atoms with E-state index in [2.05, 4.69) is 66.4 Å². The molecule has 0 N–H and O–H groups in total. The van der Waals surface area contributed by atoms with Crippen LogP contribution in [0.5, 0.6) is 0 Å². The first-order valence-electron chi connectivity index (χ1n) is 8.16. The van der Waals surface area contributed by atoms with Crippen LogP contribution in [-0.4, -0.2) is 30.2 Å². The third-order valence-electron chi connectivity index (χ3n) is 4.32. The number of aliphatic imine (C=N–C) groups is 1. The molecule has 1 heterocycles. The van der Waals surface area contributed by atoms with Crippen LogP contribution in [0.1, 0.15) is 29.5 Å². The van der Waals surface area contributed by atoms with Gasteiger partial charge in [-0.15, -0.1) is 0 Å². The number of hydrogen-bond acceptors (Lipinski definition) is 2. The lowest BCUT2D eigenvalue weighted by Crippen LogP contribution is -2.34. The average molecular weight is 292 g/mol. The summed E-state index contributed by atoms with van der Waals surface area (Å²) in [7, 11) is 0. The molecular formula is C20H24N2. The highest BCUT2D eigenvalue weighted by atomic mass is 15.1. The highest BCUT2D eigenvalue weighted by molar-refractivity contribution is 5.79. The van der Waals surface area contributed by atoms with Gasteiger partial charge in [0.2, 0.25) is 0 Å². The molecule has 0 radical (unpaired) electrons. The van der Waals surface area contributed by atoms with Crippen molar-refractivity contribution in [3.63, 3.8) is 0 Å². The van der Waals surface area contributed by atoms with Gasteiger partial charge in [0.1, 0.15) is 0 Å². The molecule has 2 aromatic rings. The molecule has 2 aromatic carbocycles. The molecule has 0 saturated carbocycles. The standard InChI is InChI=1S/C20H24N2/c1-17-7-9-18(10-8-17)15-21-20-11-13-22(14-12-20)16-19-5-3-2-4-6-19/h2-10,15,20H,11-14,16H2,1H3. The Morgan fingerprint density at radius 2 is 1.68 bits per heavy atom. The number of hydrogen-bond donors (Lipinski definition) is 0. The zero-order valence-electron chi connectivity index (χ0n) is 13.3. The Hall–Kier alpha value is -1.93. The first-order valence-corrected chi connectivity index (χ1v) is 8.16. The summed E-state index contributed by atoms with van der Waals surface area (Å²) in [5.74, 6) is 0. The van der Waals surface area contributed by atoms with Crippen LogP contribution in [0.3, 0.4) is 0 Å². The molecular weight excluding hydrogens is 268 g/mol. The average Bonchev–Trinajstić information content (AvgIpc) is 2.57. The number of nitrogens with zero attached hydrogens (tertiary/aromatic N) is 2. The minimum Gasteiger partial charge on any atom is -0.299 e. The van der Waals surface area contributed by atoms with E-state index in [1.165, 1.54) is 16.7 Å². The summed E-state index contributed by atoms with van der Waals surface area (Å²) in [6.45, 7) is 5.47. The molecule has 1 aliphatic rings. The van der Waals surface area contributed by atoms with E-state index in [-0.39, 0.29) is 0 Å². The van der Waals surface area contributed by atoms with Crippen LogP contribution in [0, 0.1) is 6.92 Å².